The lowest BCUT2D eigenvalue weighted by Crippen LogP contribution is -2.27. The van der Waals surface area contributed by atoms with E-state index in [-0.39, 0.29) is 18.1 Å². The summed E-state index contributed by atoms with van der Waals surface area (Å²) in [4.78, 5) is 14.1. The molecule has 0 radical (unpaired) electrons. The van der Waals surface area contributed by atoms with E-state index in [9.17, 15) is 15.0 Å². The van der Waals surface area contributed by atoms with Crippen molar-refractivity contribution in [3.05, 3.63) is 23.8 Å². The number of nitrogens with zero attached hydrogens (tertiary/aromatic N) is 1. The predicted octanol–water partition coefficient (Wildman–Crippen LogP) is 5.00. The largest absolute Gasteiger partial charge is 0.392 e. The summed E-state index contributed by atoms with van der Waals surface area (Å²) in [5, 5.41) is 20.7. The zero-order valence-electron chi connectivity index (χ0n) is 19.0. The minimum Gasteiger partial charge on any atom is -0.392 e. The molecule has 170 valence electrons. The average Bonchev–Trinajstić information content (AvgIpc) is 3.43. The van der Waals surface area contributed by atoms with Crippen LogP contribution >= 0.6 is 0 Å². The van der Waals surface area contributed by atoms with Crippen LogP contribution in [-0.4, -0.2) is 46.3 Å². The molecule has 0 spiro atoms. The van der Waals surface area contributed by atoms with Crippen molar-refractivity contribution in [3.63, 3.8) is 0 Å². The van der Waals surface area contributed by atoms with E-state index >= 15 is 0 Å². The van der Waals surface area contributed by atoms with Gasteiger partial charge in [-0.25, -0.2) is 0 Å². The van der Waals surface area contributed by atoms with Gasteiger partial charge in [0, 0.05) is 25.4 Å². The third-order valence-corrected chi connectivity index (χ3v) is 7.46. The number of fused-ring (bicyclic) bond motifs is 1. The molecule has 3 rings (SSSR count). The molecule has 4 nitrogen and oxygen atoms in total. The first-order chi connectivity index (χ1) is 14.6. The van der Waals surface area contributed by atoms with Gasteiger partial charge < -0.3 is 15.1 Å². The van der Waals surface area contributed by atoms with Crippen molar-refractivity contribution < 1.29 is 15.0 Å². The lowest BCUT2D eigenvalue weighted by molar-refractivity contribution is -0.130. The van der Waals surface area contributed by atoms with Gasteiger partial charge in [0.2, 0.25) is 5.91 Å². The highest BCUT2D eigenvalue weighted by molar-refractivity contribution is 5.76. The van der Waals surface area contributed by atoms with Gasteiger partial charge in [-0.3, -0.25) is 4.79 Å². The van der Waals surface area contributed by atoms with Gasteiger partial charge in [-0.2, -0.15) is 0 Å². The number of likely N-dealkylation sites (tertiary alicyclic amines) is 1. The fourth-order valence-corrected chi connectivity index (χ4v) is 5.68. The summed E-state index contributed by atoms with van der Waals surface area (Å²) in [6.07, 6.45) is 19.5. The van der Waals surface area contributed by atoms with E-state index in [2.05, 4.69) is 19.1 Å². The number of aliphatic hydroxyl groups excluding tert-OH is 2. The van der Waals surface area contributed by atoms with Gasteiger partial charge in [0.15, 0.2) is 0 Å². The molecular formula is C26H43NO3. The van der Waals surface area contributed by atoms with E-state index in [1.807, 2.05) is 11.0 Å². The summed E-state index contributed by atoms with van der Waals surface area (Å²) in [6, 6.07) is 0. The van der Waals surface area contributed by atoms with Crippen molar-refractivity contribution in [1.29, 1.82) is 0 Å². The number of carbonyl (C=O) groups excluding carboxylic acids is 1. The molecule has 3 aliphatic rings. The fraction of sp³-hybridized carbons (Fsp3) is 0.808. The van der Waals surface area contributed by atoms with Crippen molar-refractivity contribution >= 4 is 5.91 Å². The van der Waals surface area contributed by atoms with Crippen molar-refractivity contribution in [2.24, 2.45) is 17.8 Å². The number of hydrogen-bond donors (Lipinski definition) is 2. The van der Waals surface area contributed by atoms with Gasteiger partial charge in [0.25, 0.3) is 0 Å². The first kappa shape index (κ1) is 23.5. The van der Waals surface area contributed by atoms with Crippen LogP contribution in [0.25, 0.3) is 0 Å². The lowest BCUT2D eigenvalue weighted by Gasteiger charge is -2.19. The van der Waals surface area contributed by atoms with Gasteiger partial charge in [-0.05, 0) is 63.2 Å². The van der Waals surface area contributed by atoms with Crippen molar-refractivity contribution in [2.45, 2.75) is 103 Å². The van der Waals surface area contributed by atoms with Crippen LogP contribution in [0.5, 0.6) is 0 Å². The van der Waals surface area contributed by atoms with E-state index in [1.165, 1.54) is 25.7 Å². The fourth-order valence-electron chi connectivity index (χ4n) is 5.68. The number of amides is 1. The molecule has 2 N–H and O–H groups in total. The number of carbonyl (C=O) groups is 1. The number of aliphatic hydroxyl groups is 2. The van der Waals surface area contributed by atoms with Gasteiger partial charge in [-0.1, -0.05) is 56.4 Å². The van der Waals surface area contributed by atoms with Crippen molar-refractivity contribution in [3.8, 4) is 0 Å². The van der Waals surface area contributed by atoms with Crippen LogP contribution in [0.4, 0.5) is 0 Å². The Balaban J connectivity index is 1.34. The van der Waals surface area contributed by atoms with E-state index in [0.29, 0.717) is 24.2 Å². The summed E-state index contributed by atoms with van der Waals surface area (Å²) in [5.41, 5.74) is 1.55. The Morgan fingerprint density at radius 3 is 2.77 bits per heavy atom. The molecule has 0 unspecified atom stereocenters. The van der Waals surface area contributed by atoms with E-state index < -0.39 is 0 Å². The second kappa shape index (κ2) is 12.0. The Bertz CT molecular complexity index is 593. The number of unbranched alkanes of at least 4 members (excludes halogenated alkanes) is 4. The molecule has 5 atom stereocenters. The summed E-state index contributed by atoms with van der Waals surface area (Å²) in [5.74, 6) is 1.54. The molecule has 0 bridgehead atoms. The third kappa shape index (κ3) is 6.68. The molecule has 1 saturated heterocycles. The minimum absolute atomic E-state index is 0.183. The zero-order chi connectivity index (χ0) is 21.3. The smallest absolute Gasteiger partial charge is 0.222 e. The highest BCUT2D eigenvalue weighted by atomic mass is 16.3. The van der Waals surface area contributed by atoms with E-state index in [4.69, 9.17) is 0 Å². The highest BCUT2D eigenvalue weighted by Gasteiger charge is 2.43. The first-order valence-corrected chi connectivity index (χ1v) is 12.6. The van der Waals surface area contributed by atoms with Crippen LogP contribution in [-0.2, 0) is 4.79 Å². The molecule has 0 aromatic carbocycles. The number of allylic oxidation sites excluding steroid dienone is 2. The minimum atomic E-state index is -0.375. The molecule has 1 amide bonds. The molecular weight excluding hydrogens is 374 g/mol. The summed E-state index contributed by atoms with van der Waals surface area (Å²) >= 11 is 0. The van der Waals surface area contributed by atoms with Gasteiger partial charge >= 0.3 is 0 Å². The Hall–Kier alpha value is -1.13. The molecule has 0 aromatic rings. The lowest BCUT2D eigenvalue weighted by atomic mass is 9.88. The Kier molecular flexibility index (Phi) is 9.45. The predicted molar refractivity (Wildman–Crippen MR) is 122 cm³/mol. The van der Waals surface area contributed by atoms with Crippen LogP contribution in [0, 0.1) is 17.8 Å². The maximum Gasteiger partial charge on any atom is 0.222 e. The van der Waals surface area contributed by atoms with Crippen molar-refractivity contribution in [1.82, 2.24) is 4.90 Å². The zero-order valence-corrected chi connectivity index (χ0v) is 19.0. The van der Waals surface area contributed by atoms with Crippen molar-refractivity contribution in [2.75, 3.05) is 13.1 Å². The summed E-state index contributed by atoms with van der Waals surface area (Å²) < 4.78 is 0. The molecule has 30 heavy (non-hydrogen) atoms. The first-order valence-electron chi connectivity index (χ1n) is 12.6. The average molecular weight is 418 g/mol. The molecule has 2 aliphatic carbocycles. The molecule has 4 heteroatoms. The third-order valence-electron chi connectivity index (χ3n) is 7.46. The number of hydrogen-bond acceptors (Lipinski definition) is 3. The maximum absolute atomic E-state index is 12.1. The molecule has 1 saturated carbocycles. The SMILES string of the molecule is CCCCC[C@H](O)/C=C/[C@@H]1[C@H]2CC(CCCCCC(=O)N3CCCC3)=C[C@H]2C[C@H]1O. The Morgan fingerprint density at radius 1 is 1.20 bits per heavy atom. The van der Waals surface area contributed by atoms with Crippen LogP contribution in [0.3, 0.4) is 0 Å². The van der Waals surface area contributed by atoms with E-state index in [0.717, 1.165) is 64.5 Å². The molecule has 0 aromatic heterocycles. The quantitative estimate of drug-likeness (QED) is 0.347. The van der Waals surface area contributed by atoms with E-state index in [1.54, 1.807) is 5.57 Å². The summed E-state index contributed by atoms with van der Waals surface area (Å²) in [7, 11) is 0. The molecule has 2 fully saturated rings. The summed E-state index contributed by atoms with van der Waals surface area (Å²) in [6.45, 7) is 4.10. The topological polar surface area (TPSA) is 60.8 Å². The van der Waals surface area contributed by atoms with Gasteiger partial charge in [0.1, 0.15) is 0 Å². The number of rotatable bonds is 12. The second-order valence-electron chi connectivity index (χ2n) is 9.83. The Morgan fingerprint density at radius 2 is 2.00 bits per heavy atom. The van der Waals surface area contributed by atoms with Crippen LogP contribution < -0.4 is 0 Å². The highest BCUT2D eigenvalue weighted by Crippen LogP contribution is 2.48. The van der Waals surface area contributed by atoms with Crippen LogP contribution in [0.1, 0.15) is 90.4 Å². The normalized spacial score (nSPS) is 29.6. The van der Waals surface area contributed by atoms with Gasteiger partial charge in [0.05, 0.1) is 12.2 Å². The Labute approximate surface area is 183 Å². The standard InChI is InChI=1S/C26H43NO3/c1-2-3-5-11-22(28)13-14-23-24-18-20(17-21(24)19-25(23)29)10-6-4-7-12-26(30)27-15-8-9-16-27/h13-14,17,21-25,28-29H,2-12,15-16,18-19H2,1H3/b14-13+/t21-,22-,23+,24-,25+/m0/s1. The molecule has 1 heterocycles. The maximum atomic E-state index is 12.1. The monoisotopic (exact) mass is 417 g/mol. The van der Waals surface area contributed by atoms with Crippen LogP contribution in [0.2, 0.25) is 0 Å². The molecule has 1 aliphatic heterocycles. The van der Waals surface area contributed by atoms with Crippen LogP contribution in [0.15, 0.2) is 23.8 Å². The van der Waals surface area contributed by atoms with Gasteiger partial charge in [-0.15, -0.1) is 0 Å². The second-order valence-corrected chi connectivity index (χ2v) is 9.83.